The molecule has 0 aliphatic rings. The third kappa shape index (κ3) is 9.15. The van der Waals surface area contributed by atoms with E-state index in [1.807, 2.05) is 109 Å². The fourth-order valence-electron chi connectivity index (χ4n) is 6.88. The molecule has 0 aliphatic heterocycles. The molecule has 0 aliphatic carbocycles. The number of hydrogen-bond donors (Lipinski definition) is 0. The summed E-state index contributed by atoms with van der Waals surface area (Å²) in [7, 11) is 3.39. The first-order chi connectivity index (χ1) is 28.6. The molecular weight excluding hydrogens is 717 g/mol. The zero-order valence-electron chi connectivity index (χ0n) is 32.6. The molecule has 58 heavy (non-hydrogen) atoms. The van der Waals surface area contributed by atoms with E-state index in [1.165, 1.54) is 11.1 Å². The minimum atomic E-state index is 0.778. The van der Waals surface area contributed by atoms with Crippen LogP contribution in [0.3, 0.4) is 0 Å². The fourth-order valence-corrected chi connectivity index (χ4v) is 6.88. The molecule has 0 aromatic heterocycles. The van der Waals surface area contributed by atoms with Crippen LogP contribution in [0.25, 0.3) is 0 Å². The van der Waals surface area contributed by atoms with Crippen molar-refractivity contribution in [1.29, 1.82) is 0 Å². The van der Waals surface area contributed by atoms with Crippen molar-refractivity contribution in [3.8, 4) is 34.5 Å². The number of benzene rings is 8. The van der Waals surface area contributed by atoms with Crippen molar-refractivity contribution in [2.45, 2.75) is 12.8 Å². The Morgan fingerprint density at radius 1 is 0.293 bits per heavy atom. The Balaban J connectivity index is 0.984. The van der Waals surface area contributed by atoms with Crippen molar-refractivity contribution in [2.75, 3.05) is 24.0 Å². The van der Waals surface area contributed by atoms with E-state index in [1.54, 1.807) is 14.2 Å². The summed E-state index contributed by atoms with van der Waals surface area (Å²) in [5, 5.41) is 0. The van der Waals surface area contributed by atoms with Crippen molar-refractivity contribution in [2.24, 2.45) is 0 Å². The van der Waals surface area contributed by atoms with E-state index >= 15 is 0 Å². The largest absolute Gasteiger partial charge is 0.497 e. The van der Waals surface area contributed by atoms with Gasteiger partial charge in [0.05, 0.1) is 14.2 Å². The smallest absolute Gasteiger partial charge is 0.127 e. The third-order valence-electron chi connectivity index (χ3n) is 9.86. The molecule has 0 heterocycles. The van der Waals surface area contributed by atoms with E-state index in [9.17, 15) is 0 Å². The molecule has 0 bridgehead atoms. The first kappa shape index (κ1) is 37.5. The summed E-state index contributed by atoms with van der Waals surface area (Å²) in [6.07, 6.45) is 1.82. The maximum Gasteiger partial charge on any atom is 0.127 e. The van der Waals surface area contributed by atoms with Gasteiger partial charge in [0.25, 0.3) is 0 Å². The lowest BCUT2D eigenvalue weighted by molar-refractivity contribution is 0.415. The lowest BCUT2D eigenvalue weighted by atomic mass is 10.0. The Bertz CT molecular complexity index is 2330. The molecule has 286 valence electrons. The number of nitrogens with zero attached hydrogens (tertiary/aromatic N) is 2. The Labute approximate surface area is 340 Å². The number of hydrogen-bond acceptors (Lipinski definition) is 6. The fraction of sp³-hybridized carbons (Fsp3) is 0.0769. The molecular formula is C52H44N2O4. The Kier molecular flexibility index (Phi) is 11.6. The molecule has 8 aromatic carbocycles. The Hall–Kier alpha value is -7.44. The van der Waals surface area contributed by atoms with Crippen molar-refractivity contribution in [1.82, 2.24) is 0 Å². The molecule has 0 fully saturated rings. The second-order valence-corrected chi connectivity index (χ2v) is 13.7. The Morgan fingerprint density at radius 3 is 0.948 bits per heavy atom. The van der Waals surface area contributed by atoms with Crippen LogP contribution < -0.4 is 28.7 Å². The van der Waals surface area contributed by atoms with Crippen LogP contribution in [0, 0.1) is 0 Å². The van der Waals surface area contributed by atoms with Crippen LogP contribution in [0.15, 0.2) is 206 Å². The molecule has 0 saturated heterocycles. The molecule has 8 rings (SSSR count). The quantitative estimate of drug-likeness (QED) is 0.104. The van der Waals surface area contributed by atoms with Gasteiger partial charge in [0.15, 0.2) is 0 Å². The molecule has 6 nitrogen and oxygen atoms in total. The first-order valence-corrected chi connectivity index (χ1v) is 19.3. The summed E-state index contributed by atoms with van der Waals surface area (Å²) < 4.78 is 23.3. The van der Waals surface area contributed by atoms with Crippen molar-refractivity contribution >= 4 is 34.1 Å². The minimum Gasteiger partial charge on any atom is -0.497 e. The number of para-hydroxylation sites is 2. The molecule has 8 aromatic rings. The van der Waals surface area contributed by atoms with E-state index in [2.05, 4.69) is 107 Å². The molecule has 0 spiro atoms. The third-order valence-corrected chi connectivity index (χ3v) is 9.86. The van der Waals surface area contributed by atoms with Crippen LogP contribution in [-0.4, -0.2) is 14.2 Å². The summed E-state index contributed by atoms with van der Waals surface area (Å²) in [5.41, 5.74) is 8.67. The molecule has 0 amide bonds. The van der Waals surface area contributed by atoms with Gasteiger partial charge in [-0.15, -0.1) is 0 Å². The van der Waals surface area contributed by atoms with E-state index < -0.39 is 0 Å². The summed E-state index contributed by atoms with van der Waals surface area (Å²) in [6.45, 7) is 0. The Morgan fingerprint density at radius 2 is 0.603 bits per heavy atom. The highest BCUT2D eigenvalue weighted by Gasteiger charge is 2.16. The number of ether oxygens (including phenoxy) is 4. The van der Waals surface area contributed by atoms with E-state index in [0.717, 1.165) is 81.5 Å². The van der Waals surface area contributed by atoms with Crippen LogP contribution in [0.5, 0.6) is 34.5 Å². The topological polar surface area (TPSA) is 43.4 Å². The van der Waals surface area contributed by atoms with Gasteiger partial charge < -0.3 is 28.7 Å². The molecule has 0 atom stereocenters. The average molecular weight is 761 g/mol. The standard InChI is InChI=1S/C52H44N2O4/c1-55-51-17-9-11-45(37-51)53(43-29-33-49(34-30-43)57-47-13-5-3-6-14-47)41-25-21-39(22-26-41)19-20-40-23-27-42(28-24-40)54(46-12-10-18-52(38-46)56-2)44-31-35-50(36-32-44)58-48-15-7-4-8-16-48/h3-18,21-38H,19-20H2,1-2H3. The van der Waals surface area contributed by atoms with Gasteiger partial charge in [-0.05, 0) is 145 Å². The summed E-state index contributed by atoms with van der Waals surface area (Å²) >= 11 is 0. The van der Waals surface area contributed by atoms with E-state index in [-0.39, 0.29) is 0 Å². The zero-order valence-corrected chi connectivity index (χ0v) is 32.6. The lowest BCUT2D eigenvalue weighted by Crippen LogP contribution is -2.10. The molecule has 0 unspecified atom stereocenters. The van der Waals surface area contributed by atoms with Crippen molar-refractivity contribution in [3.05, 3.63) is 217 Å². The predicted octanol–water partition coefficient (Wildman–Crippen LogP) is 14.0. The normalized spacial score (nSPS) is 10.7. The lowest BCUT2D eigenvalue weighted by Gasteiger charge is -2.26. The van der Waals surface area contributed by atoms with Gasteiger partial charge in [-0.25, -0.2) is 0 Å². The van der Waals surface area contributed by atoms with Crippen LogP contribution >= 0.6 is 0 Å². The monoisotopic (exact) mass is 760 g/mol. The molecule has 0 radical (unpaired) electrons. The highest BCUT2D eigenvalue weighted by molar-refractivity contribution is 5.79. The van der Waals surface area contributed by atoms with Gasteiger partial charge in [-0.3, -0.25) is 0 Å². The van der Waals surface area contributed by atoms with Crippen LogP contribution in [0.4, 0.5) is 34.1 Å². The molecule has 6 heteroatoms. The average Bonchev–Trinajstić information content (AvgIpc) is 3.29. The van der Waals surface area contributed by atoms with Gasteiger partial charge in [0.2, 0.25) is 0 Å². The predicted molar refractivity (Wildman–Crippen MR) is 236 cm³/mol. The van der Waals surface area contributed by atoms with Crippen LogP contribution in [0.2, 0.25) is 0 Å². The second kappa shape index (κ2) is 18.0. The molecule has 0 saturated carbocycles. The van der Waals surface area contributed by atoms with Gasteiger partial charge >= 0.3 is 0 Å². The van der Waals surface area contributed by atoms with Gasteiger partial charge in [-0.1, -0.05) is 72.8 Å². The van der Waals surface area contributed by atoms with Gasteiger partial charge in [0.1, 0.15) is 34.5 Å². The van der Waals surface area contributed by atoms with E-state index in [4.69, 9.17) is 18.9 Å². The van der Waals surface area contributed by atoms with Gasteiger partial charge in [0, 0.05) is 46.3 Å². The van der Waals surface area contributed by atoms with Gasteiger partial charge in [-0.2, -0.15) is 0 Å². The number of methoxy groups -OCH3 is 2. The highest BCUT2D eigenvalue weighted by Crippen LogP contribution is 2.39. The molecule has 0 N–H and O–H groups in total. The maximum atomic E-state index is 6.08. The van der Waals surface area contributed by atoms with Crippen molar-refractivity contribution < 1.29 is 18.9 Å². The number of anilines is 6. The second-order valence-electron chi connectivity index (χ2n) is 13.7. The van der Waals surface area contributed by atoms with Crippen LogP contribution in [0.1, 0.15) is 11.1 Å². The van der Waals surface area contributed by atoms with Crippen LogP contribution in [-0.2, 0) is 12.8 Å². The highest BCUT2D eigenvalue weighted by atomic mass is 16.5. The first-order valence-electron chi connectivity index (χ1n) is 19.3. The minimum absolute atomic E-state index is 0.778. The SMILES string of the molecule is COc1cccc(N(c2ccc(CCc3ccc(N(c4ccc(Oc5ccccc5)cc4)c4cccc(OC)c4)cc3)cc2)c2ccc(Oc3ccccc3)cc2)c1. The summed E-state index contributed by atoms with van der Waals surface area (Å²) in [6, 6.07) is 69.9. The van der Waals surface area contributed by atoms with E-state index in [0.29, 0.717) is 0 Å². The number of aryl methyl sites for hydroxylation is 2. The maximum absolute atomic E-state index is 6.08. The summed E-state index contributed by atoms with van der Waals surface area (Å²) in [4.78, 5) is 4.46. The number of rotatable bonds is 15. The van der Waals surface area contributed by atoms with Crippen molar-refractivity contribution in [3.63, 3.8) is 0 Å². The zero-order chi connectivity index (χ0) is 39.5. The summed E-state index contributed by atoms with van der Waals surface area (Å²) in [5.74, 6) is 4.76.